The summed E-state index contributed by atoms with van der Waals surface area (Å²) in [4.78, 5) is 9.40. The molecule has 4 heterocycles. The number of pyridine rings is 1. The van der Waals surface area contributed by atoms with Gasteiger partial charge in [0.25, 0.3) is 0 Å². The van der Waals surface area contributed by atoms with E-state index in [1.54, 1.807) is 0 Å². The van der Waals surface area contributed by atoms with Gasteiger partial charge < -0.3 is 5.32 Å². The smallest absolute Gasteiger partial charge is 0.161 e. The first kappa shape index (κ1) is 12.3. The largest absolute Gasteiger partial charge is 0.314 e. The van der Waals surface area contributed by atoms with Gasteiger partial charge in [-0.3, -0.25) is 9.88 Å². The highest BCUT2D eigenvalue weighted by Crippen LogP contribution is 2.25. The molecule has 0 aliphatic carbocycles. The molecular formula is C15H21N5. The summed E-state index contributed by atoms with van der Waals surface area (Å²) < 4.78 is 2.34. The molecule has 2 fully saturated rings. The summed E-state index contributed by atoms with van der Waals surface area (Å²) in [5, 5.41) is 7.15. The number of nitrogens with zero attached hydrogens (tertiary/aromatic N) is 3. The summed E-state index contributed by atoms with van der Waals surface area (Å²) in [6.45, 7) is 2.24. The SMILES string of the molecule is c1cnc2c(c1)nc(CC1CCCN1)n2C1CCCN1. The van der Waals surface area contributed by atoms with Crippen LogP contribution in [0.25, 0.3) is 11.2 Å². The maximum Gasteiger partial charge on any atom is 0.161 e. The molecule has 0 aromatic carbocycles. The second kappa shape index (κ2) is 5.14. The van der Waals surface area contributed by atoms with Crippen LogP contribution in [0, 0.1) is 0 Å². The van der Waals surface area contributed by atoms with Crippen molar-refractivity contribution in [2.24, 2.45) is 0 Å². The molecule has 2 aromatic rings. The van der Waals surface area contributed by atoms with E-state index in [1.807, 2.05) is 12.3 Å². The molecule has 2 aromatic heterocycles. The molecule has 2 atom stereocenters. The van der Waals surface area contributed by atoms with E-state index in [-0.39, 0.29) is 0 Å². The highest BCUT2D eigenvalue weighted by atomic mass is 15.3. The summed E-state index contributed by atoms with van der Waals surface area (Å²) >= 11 is 0. The molecule has 2 aliphatic rings. The van der Waals surface area contributed by atoms with Gasteiger partial charge in [0, 0.05) is 18.7 Å². The second-order valence-electron chi connectivity index (χ2n) is 5.85. The Morgan fingerprint density at radius 3 is 2.90 bits per heavy atom. The molecule has 20 heavy (non-hydrogen) atoms. The Balaban J connectivity index is 1.74. The van der Waals surface area contributed by atoms with Crippen LogP contribution < -0.4 is 10.6 Å². The standard InChI is InChI=1S/C15H21N5/c1-4-11(16-7-1)10-14-19-12-5-2-9-18-15(12)20(14)13-6-3-8-17-13/h2,5,9,11,13,16-17H,1,3-4,6-8,10H2. The maximum atomic E-state index is 4.84. The number of imidazole rings is 1. The van der Waals surface area contributed by atoms with Crippen LogP contribution in [0.2, 0.25) is 0 Å². The van der Waals surface area contributed by atoms with Crippen molar-refractivity contribution >= 4 is 11.2 Å². The van der Waals surface area contributed by atoms with Crippen LogP contribution in [0.5, 0.6) is 0 Å². The maximum absolute atomic E-state index is 4.84. The molecule has 4 rings (SSSR count). The molecule has 2 saturated heterocycles. The molecule has 2 N–H and O–H groups in total. The van der Waals surface area contributed by atoms with Crippen LogP contribution in [0.1, 0.15) is 37.7 Å². The fraction of sp³-hybridized carbons (Fsp3) is 0.600. The van der Waals surface area contributed by atoms with Crippen LogP contribution in [0.15, 0.2) is 18.3 Å². The van der Waals surface area contributed by atoms with E-state index in [0.717, 1.165) is 30.7 Å². The Kier molecular flexibility index (Phi) is 3.16. The Labute approximate surface area is 118 Å². The van der Waals surface area contributed by atoms with E-state index in [4.69, 9.17) is 4.98 Å². The quantitative estimate of drug-likeness (QED) is 0.890. The molecule has 0 bridgehead atoms. The first-order valence-corrected chi connectivity index (χ1v) is 7.70. The average molecular weight is 271 g/mol. The second-order valence-corrected chi connectivity index (χ2v) is 5.85. The molecular weight excluding hydrogens is 250 g/mol. The van der Waals surface area contributed by atoms with Gasteiger partial charge in [-0.05, 0) is 50.9 Å². The molecule has 0 spiro atoms. The number of rotatable bonds is 3. The van der Waals surface area contributed by atoms with Gasteiger partial charge in [-0.1, -0.05) is 0 Å². The van der Waals surface area contributed by atoms with Crippen LogP contribution in [-0.2, 0) is 6.42 Å². The summed E-state index contributed by atoms with van der Waals surface area (Å²) in [5.74, 6) is 1.18. The highest BCUT2D eigenvalue weighted by Gasteiger charge is 2.25. The van der Waals surface area contributed by atoms with E-state index in [2.05, 4.69) is 26.3 Å². The number of fused-ring (bicyclic) bond motifs is 1. The lowest BCUT2D eigenvalue weighted by Crippen LogP contribution is -2.28. The summed E-state index contributed by atoms with van der Waals surface area (Å²) in [7, 11) is 0. The van der Waals surface area contributed by atoms with Gasteiger partial charge in [-0.25, -0.2) is 9.97 Å². The van der Waals surface area contributed by atoms with Gasteiger partial charge in [0.15, 0.2) is 5.65 Å². The third-order valence-electron chi connectivity index (χ3n) is 4.46. The molecule has 106 valence electrons. The van der Waals surface area contributed by atoms with Crippen LogP contribution in [0.4, 0.5) is 0 Å². The topological polar surface area (TPSA) is 54.8 Å². The first-order valence-electron chi connectivity index (χ1n) is 7.70. The molecule has 2 aliphatic heterocycles. The minimum atomic E-state index is 0.367. The van der Waals surface area contributed by atoms with Crippen molar-refractivity contribution in [2.45, 2.75) is 44.3 Å². The van der Waals surface area contributed by atoms with E-state index < -0.39 is 0 Å². The van der Waals surface area contributed by atoms with Crippen molar-refractivity contribution in [1.29, 1.82) is 0 Å². The number of aromatic nitrogens is 3. The number of hydrogen-bond donors (Lipinski definition) is 2. The normalized spacial score (nSPS) is 26.6. The first-order chi connectivity index (χ1) is 9.92. The third kappa shape index (κ3) is 2.11. The lowest BCUT2D eigenvalue weighted by atomic mass is 10.1. The molecule has 5 nitrogen and oxygen atoms in total. The Bertz CT molecular complexity index is 593. The van der Waals surface area contributed by atoms with E-state index in [1.165, 1.54) is 31.5 Å². The molecule has 5 heteroatoms. The van der Waals surface area contributed by atoms with Crippen molar-refractivity contribution in [1.82, 2.24) is 25.2 Å². The zero-order valence-corrected chi connectivity index (χ0v) is 11.7. The lowest BCUT2D eigenvalue weighted by Gasteiger charge is -2.18. The Morgan fingerprint density at radius 2 is 2.10 bits per heavy atom. The molecule has 0 radical (unpaired) electrons. The van der Waals surface area contributed by atoms with Gasteiger partial charge in [0.05, 0.1) is 6.17 Å². The summed E-state index contributed by atoms with van der Waals surface area (Å²) in [6, 6.07) is 4.62. The molecule has 2 unspecified atom stereocenters. The highest BCUT2D eigenvalue weighted by molar-refractivity contribution is 5.71. The summed E-state index contributed by atoms with van der Waals surface area (Å²) in [5.41, 5.74) is 2.05. The van der Waals surface area contributed by atoms with Crippen molar-refractivity contribution in [2.75, 3.05) is 13.1 Å². The fourth-order valence-corrected chi connectivity index (χ4v) is 3.49. The van der Waals surface area contributed by atoms with Crippen molar-refractivity contribution < 1.29 is 0 Å². The average Bonchev–Trinajstić information content (AvgIpc) is 3.18. The summed E-state index contributed by atoms with van der Waals surface area (Å²) in [6.07, 6.45) is 8.19. The lowest BCUT2D eigenvalue weighted by molar-refractivity contribution is 0.448. The molecule has 0 amide bonds. The Morgan fingerprint density at radius 1 is 1.20 bits per heavy atom. The van der Waals surface area contributed by atoms with Crippen LogP contribution in [0.3, 0.4) is 0 Å². The Hall–Kier alpha value is -1.46. The van der Waals surface area contributed by atoms with Gasteiger partial charge in [-0.15, -0.1) is 0 Å². The van der Waals surface area contributed by atoms with Crippen molar-refractivity contribution in [3.63, 3.8) is 0 Å². The number of nitrogens with one attached hydrogen (secondary N) is 2. The number of hydrogen-bond acceptors (Lipinski definition) is 4. The fourth-order valence-electron chi connectivity index (χ4n) is 3.49. The van der Waals surface area contributed by atoms with E-state index >= 15 is 0 Å². The van der Waals surface area contributed by atoms with E-state index in [9.17, 15) is 0 Å². The zero-order valence-electron chi connectivity index (χ0n) is 11.7. The van der Waals surface area contributed by atoms with Crippen molar-refractivity contribution in [3.05, 3.63) is 24.2 Å². The third-order valence-corrected chi connectivity index (χ3v) is 4.46. The zero-order chi connectivity index (χ0) is 13.4. The van der Waals surface area contributed by atoms with E-state index in [0.29, 0.717) is 12.2 Å². The van der Waals surface area contributed by atoms with Gasteiger partial charge >= 0.3 is 0 Å². The monoisotopic (exact) mass is 271 g/mol. The minimum Gasteiger partial charge on any atom is -0.314 e. The predicted molar refractivity (Wildman–Crippen MR) is 78.5 cm³/mol. The van der Waals surface area contributed by atoms with Crippen LogP contribution >= 0.6 is 0 Å². The molecule has 0 saturated carbocycles. The van der Waals surface area contributed by atoms with Gasteiger partial charge in [0.1, 0.15) is 11.3 Å². The van der Waals surface area contributed by atoms with Gasteiger partial charge in [0.2, 0.25) is 0 Å². The van der Waals surface area contributed by atoms with Gasteiger partial charge in [-0.2, -0.15) is 0 Å². The van der Waals surface area contributed by atoms with Crippen molar-refractivity contribution in [3.8, 4) is 0 Å². The predicted octanol–water partition coefficient (Wildman–Crippen LogP) is 1.61. The minimum absolute atomic E-state index is 0.367. The van der Waals surface area contributed by atoms with Crippen LogP contribution in [-0.4, -0.2) is 33.7 Å².